The number of ether oxygens (including phenoxy) is 2. The maximum absolute atomic E-state index is 5.58. The Morgan fingerprint density at radius 2 is 2.00 bits per heavy atom. The molecule has 1 unspecified atom stereocenters. The Morgan fingerprint density at radius 3 is 2.50 bits per heavy atom. The Bertz CT molecular complexity index is 181. The highest BCUT2D eigenvalue weighted by atomic mass is 16.7. The summed E-state index contributed by atoms with van der Waals surface area (Å²) in [6.07, 6.45) is 5.80. The van der Waals surface area contributed by atoms with Crippen LogP contribution in [0.1, 0.15) is 40.0 Å². The molecule has 1 aliphatic carbocycles. The molecule has 0 radical (unpaired) electrons. The minimum Gasteiger partial charge on any atom is -0.349 e. The second-order valence-electron chi connectivity index (χ2n) is 3.91. The lowest BCUT2D eigenvalue weighted by atomic mass is 9.90. The number of hydrogen-bond donors (Lipinski definition) is 0. The van der Waals surface area contributed by atoms with E-state index < -0.39 is 0 Å². The highest BCUT2D eigenvalue weighted by Crippen LogP contribution is 2.27. The van der Waals surface area contributed by atoms with E-state index in [1.165, 1.54) is 18.4 Å². The van der Waals surface area contributed by atoms with E-state index in [1.54, 1.807) is 0 Å². The molecule has 0 N–H and O–H groups in total. The van der Waals surface area contributed by atoms with Gasteiger partial charge in [0.25, 0.3) is 0 Å². The van der Waals surface area contributed by atoms with E-state index in [9.17, 15) is 0 Å². The Balaban J connectivity index is 2.52. The van der Waals surface area contributed by atoms with Gasteiger partial charge in [0.1, 0.15) is 0 Å². The van der Waals surface area contributed by atoms with Crippen molar-refractivity contribution in [1.29, 1.82) is 0 Å². The summed E-state index contributed by atoms with van der Waals surface area (Å²) in [6, 6.07) is 0. The molecule has 2 heteroatoms. The van der Waals surface area contributed by atoms with Crippen LogP contribution in [-0.4, -0.2) is 19.5 Å². The second-order valence-corrected chi connectivity index (χ2v) is 3.91. The van der Waals surface area contributed by atoms with E-state index in [1.807, 2.05) is 13.8 Å². The van der Waals surface area contributed by atoms with Gasteiger partial charge in [-0.05, 0) is 44.6 Å². The quantitative estimate of drug-likeness (QED) is 0.499. The van der Waals surface area contributed by atoms with E-state index in [4.69, 9.17) is 9.47 Å². The third-order valence-electron chi connectivity index (χ3n) is 2.59. The first-order chi connectivity index (χ1) is 6.77. The van der Waals surface area contributed by atoms with Crippen LogP contribution in [0.3, 0.4) is 0 Å². The highest BCUT2D eigenvalue weighted by Gasteiger charge is 2.19. The minimum atomic E-state index is -0.0900. The van der Waals surface area contributed by atoms with Gasteiger partial charge in [-0.2, -0.15) is 0 Å². The molecule has 1 rings (SSSR count). The molecule has 0 aromatic heterocycles. The van der Waals surface area contributed by atoms with E-state index >= 15 is 0 Å². The second kappa shape index (κ2) is 6.20. The summed E-state index contributed by atoms with van der Waals surface area (Å²) in [5.74, 6) is 0.776. The molecule has 0 saturated carbocycles. The molecule has 0 aromatic carbocycles. The first-order valence-electron chi connectivity index (χ1n) is 5.70. The largest absolute Gasteiger partial charge is 0.349 e. The molecule has 82 valence electrons. The molecule has 14 heavy (non-hydrogen) atoms. The van der Waals surface area contributed by atoms with E-state index in [0.29, 0.717) is 0 Å². The van der Waals surface area contributed by atoms with E-state index in [-0.39, 0.29) is 6.29 Å². The summed E-state index contributed by atoms with van der Waals surface area (Å²) < 4.78 is 11.2. The fraction of sp³-hybridized carbons (Fsp3) is 0.833. The fourth-order valence-corrected chi connectivity index (χ4v) is 1.90. The lowest BCUT2D eigenvalue weighted by molar-refractivity contribution is -0.114. The van der Waals surface area contributed by atoms with Crippen molar-refractivity contribution in [2.45, 2.75) is 46.3 Å². The molecule has 0 saturated heterocycles. The number of allylic oxidation sites excluding steroid dienone is 1. The van der Waals surface area contributed by atoms with Crippen LogP contribution in [0.25, 0.3) is 0 Å². The highest BCUT2D eigenvalue weighted by molar-refractivity contribution is 5.09. The zero-order valence-electron chi connectivity index (χ0n) is 9.58. The normalized spacial score (nSPS) is 22.6. The van der Waals surface area contributed by atoms with Crippen molar-refractivity contribution in [1.82, 2.24) is 0 Å². The Kier molecular flexibility index (Phi) is 5.20. The van der Waals surface area contributed by atoms with Crippen molar-refractivity contribution < 1.29 is 9.47 Å². The summed E-state index contributed by atoms with van der Waals surface area (Å²) in [4.78, 5) is 0. The van der Waals surface area contributed by atoms with Crippen molar-refractivity contribution in [3.63, 3.8) is 0 Å². The average Bonchev–Trinajstić information content (AvgIpc) is 2.17. The summed E-state index contributed by atoms with van der Waals surface area (Å²) >= 11 is 0. The number of rotatable bonds is 5. The van der Waals surface area contributed by atoms with Gasteiger partial charge in [0.15, 0.2) is 6.29 Å². The predicted octanol–water partition coefficient (Wildman–Crippen LogP) is 3.13. The SMILES string of the molecule is CCOC(OCC)C1=CCCC(C)C1. The molecular weight excluding hydrogens is 176 g/mol. The third kappa shape index (κ3) is 3.43. The standard InChI is InChI=1S/C12H22O2/c1-4-13-12(14-5-2)11-8-6-7-10(3)9-11/h8,10,12H,4-7,9H2,1-3H3. The Hall–Kier alpha value is -0.340. The van der Waals surface area contributed by atoms with Gasteiger partial charge < -0.3 is 9.47 Å². The summed E-state index contributed by atoms with van der Waals surface area (Å²) in [5.41, 5.74) is 1.34. The van der Waals surface area contributed by atoms with Crippen molar-refractivity contribution in [3.8, 4) is 0 Å². The van der Waals surface area contributed by atoms with Gasteiger partial charge in [-0.1, -0.05) is 13.0 Å². The van der Waals surface area contributed by atoms with Gasteiger partial charge in [0.05, 0.1) is 0 Å². The molecule has 0 heterocycles. The topological polar surface area (TPSA) is 18.5 Å². The van der Waals surface area contributed by atoms with Gasteiger partial charge in [0, 0.05) is 13.2 Å². The van der Waals surface area contributed by atoms with Crippen LogP contribution in [0.4, 0.5) is 0 Å². The molecule has 0 aliphatic heterocycles. The predicted molar refractivity (Wildman–Crippen MR) is 58.1 cm³/mol. The molecule has 0 bridgehead atoms. The van der Waals surface area contributed by atoms with Crippen LogP contribution >= 0.6 is 0 Å². The Labute approximate surface area is 87.3 Å². The maximum Gasteiger partial charge on any atom is 0.179 e. The minimum absolute atomic E-state index is 0.0900. The molecule has 0 amide bonds. The van der Waals surface area contributed by atoms with Crippen molar-refractivity contribution in [3.05, 3.63) is 11.6 Å². The molecule has 0 fully saturated rings. The van der Waals surface area contributed by atoms with E-state index in [2.05, 4.69) is 13.0 Å². The van der Waals surface area contributed by atoms with Gasteiger partial charge in [-0.3, -0.25) is 0 Å². The van der Waals surface area contributed by atoms with Crippen molar-refractivity contribution in [2.24, 2.45) is 5.92 Å². The number of hydrogen-bond acceptors (Lipinski definition) is 2. The van der Waals surface area contributed by atoms with Gasteiger partial charge in [0.2, 0.25) is 0 Å². The lowest BCUT2D eigenvalue weighted by Crippen LogP contribution is -2.23. The van der Waals surface area contributed by atoms with Gasteiger partial charge in [-0.15, -0.1) is 0 Å². The average molecular weight is 198 g/mol. The summed E-state index contributed by atoms with van der Waals surface area (Å²) in [7, 11) is 0. The van der Waals surface area contributed by atoms with Crippen LogP contribution in [-0.2, 0) is 9.47 Å². The Morgan fingerprint density at radius 1 is 1.36 bits per heavy atom. The van der Waals surface area contributed by atoms with Crippen LogP contribution in [0.15, 0.2) is 11.6 Å². The molecular formula is C12H22O2. The fourth-order valence-electron chi connectivity index (χ4n) is 1.90. The van der Waals surface area contributed by atoms with Crippen LogP contribution < -0.4 is 0 Å². The van der Waals surface area contributed by atoms with Crippen molar-refractivity contribution >= 4 is 0 Å². The van der Waals surface area contributed by atoms with E-state index in [0.717, 1.165) is 25.6 Å². The van der Waals surface area contributed by atoms with Gasteiger partial charge in [-0.25, -0.2) is 0 Å². The van der Waals surface area contributed by atoms with Gasteiger partial charge >= 0.3 is 0 Å². The first-order valence-corrected chi connectivity index (χ1v) is 5.70. The van der Waals surface area contributed by atoms with Crippen LogP contribution in [0.5, 0.6) is 0 Å². The zero-order chi connectivity index (χ0) is 10.4. The molecule has 1 atom stereocenters. The summed E-state index contributed by atoms with van der Waals surface area (Å²) in [6.45, 7) is 7.76. The first kappa shape index (κ1) is 11.7. The summed E-state index contributed by atoms with van der Waals surface area (Å²) in [5, 5.41) is 0. The third-order valence-corrected chi connectivity index (χ3v) is 2.59. The van der Waals surface area contributed by atoms with Crippen LogP contribution in [0, 0.1) is 5.92 Å². The smallest absolute Gasteiger partial charge is 0.179 e. The van der Waals surface area contributed by atoms with Crippen LogP contribution in [0.2, 0.25) is 0 Å². The monoisotopic (exact) mass is 198 g/mol. The molecule has 2 nitrogen and oxygen atoms in total. The van der Waals surface area contributed by atoms with Crippen molar-refractivity contribution in [2.75, 3.05) is 13.2 Å². The zero-order valence-corrected chi connectivity index (χ0v) is 9.58. The molecule has 1 aliphatic rings. The molecule has 0 aromatic rings. The lowest BCUT2D eigenvalue weighted by Gasteiger charge is -2.25. The molecule has 0 spiro atoms. The maximum atomic E-state index is 5.58.